The van der Waals surface area contributed by atoms with Crippen LogP contribution in [0.3, 0.4) is 0 Å². The van der Waals surface area contributed by atoms with Gasteiger partial charge in [-0.05, 0) is 23.8 Å². The first-order chi connectivity index (χ1) is 6.95. The molecule has 82 valence electrons. The van der Waals surface area contributed by atoms with Crippen molar-refractivity contribution in [3.63, 3.8) is 0 Å². The molecule has 0 fully saturated rings. The highest BCUT2D eigenvalue weighted by molar-refractivity contribution is 5.52. The van der Waals surface area contributed by atoms with E-state index in [0.29, 0.717) is 12.3 Å². The Kier molecular flexibility index (Phi) is 3.67. The molecule has 1 atom stereocenters. The fourth-order valence-corrected chi connectivity index (χ4v) is 1.97. The zero-order valence-corrected chi connectivity index (χ0v) is 10.1. The van der Waals surface area contributed by atoms with Gasteiger partial charge in [0.15, 0.2) is 0 Å². The minimum absolute atomic E-state index is 0.134. The van der Waals surface area contributed by atoms with Crippen LogP contribution in [0.25, 0.3) is 0 Å². The quantitative estimate of drug-likeness (QED) is 0.686. The smallest absolute Gasteiger partial charge is 0.120 e. The molecular weight excluding hydrogens is 184 g/mol. The Labute approximate surface area is 92.5 Å². The van der Waals surface area contributed by atoms with Gasteiger partial charge in [-0.2, -0.15) is 0 Å². The number of rotatable bonds is 3. The minimum Gasteiger partial charge on any atom is -0.303 e. The van der Waals surface area contributed by atoms with Crippen LogP contribution in [0.4, 0.5) is 0 Å². The van der Waals surface area contributed by atoms with Crippen molar-refractivity contribution >= 4 is 6.29 Å². The lowest BCUT2D eigenvalue weighted by Crippen LogP contribution is -2.19. The van der Waals surface area contributed by atoms with Crippen LogP contribution in [0.2, 0.25) is 0 Å². The summed E-state index contributed by atoms with van der Waals surface area (Å²) in [7, 11) is 0. The first kappa shape index (κ1) is 12.0. The first-order valence-electron chi connectivity index (χ1n) is 5.45. The van der Waals surface area contributed by atoms with Crippen molar-refractivity contribution in [3.05, 3.63) is 35.4 Å². The largest absolute Gasteiger partial charge is 0.303 e. The summed E-state index contributed by atoms with van der Waals surface area (Å²) in [5, 5.41) is 0. The van der Waals surface area contributed by atoms with Gasteiger partial charge in [0.05, 0.1) is 0 Å². The zero-order valence-electron chi connectivity index (χ0n) is 10.1. The molecule has 1 aromatic carbocycles. The molecule has 0 saturated carbocycles. The highest BCUT2D eigenvalue weighted by atomic mass is 16.1. The fraction of sp³-hybridized carbons (Fsp3) is 0.500. The van der Waals surface area contributed by atoms with Crippen molar-refractivity contribution < 1.29 is 4.79 Å². The molecule has 1 aromatic rings. The van der Waals surface area contributed by atoms with E-state index in [0.717, 1.165) is 6.29 Å². The summed E-state index contributed by atoms with van der Waals surface area (Å²) < 4.78 is 0. The van der Waals surface area contributed by atoms with Gasteiger partial charge in [-0.15, -0.1) is 0 Å². The number of hydrogen-bond donors (Lipinski definition) is 0. The number of aryl methyl sites for hydroxylation is 1. The fourth-order valence-electron chi connectivity index (χ4n) is 1.97. The lowest BCUT2D eigenvalue weighted by atomic mass is 9.75. The van der Waals surface area contributed by atoms with Crippen molar-refractivity contribution in [2.24, 2.45) is 5.41 Å². The van der Waals surface area contributed by atoms with Gasteiger partial charge >= 0.3 is 0 Å². The van der Waals surface area contributed by atoms with Crippen LogP contribution < -0.4 is 0 Å². The number of hydrogen-bond acceptors (Lipinski definition) is 1. The van der Waals surface area contributed by atoms with E-state index in [2.05, 4.69) is 52.0 Å². The zero-order chi connectivity index (χ0) is 11.5. The van der Waals surface area contributed by atoms with Crippen molar-refractivity contribution in [1.82, 2.24) is 0 Å². The van der Waals surface area contributed by atoms with E-state index >= 15 is 0 Å². The highest BCUT2D eigenvalue weighted by Crippen LogP contribution is 2.37. The third-order valence-corrected chi connectivity index (χ3v) is 2.82. The topological polar surface area (TPSA) is 17.1 Å². The van der Waals surface area contributed by atoms with Crippen molar-refractivity contribution in [2.45, 2.75) is 40.0 Å². The molecule has 1 unspecified atom stereocenters. The average Bonchev–Trinajstić information content (AvgIpc) is 2.12. The average molecular weight is 204 g/mol. The summed E-state index contributed by atoms with van der Waals surface area (Å²) in [5.74, 6) is 0.315. The molecule has 0 N–H and O–H groups in total. The Morgan fingerprint density at radius 3 is 2.47 bits per heavy atom. The maximum Gasteiger partial charge on any atom is 0.120 e. The van der Waals surface area contributed by atoms with Gasteiger partial charge in [-0.25, -0.2) is 0 Å². The van der Waals surface area contributed by atoms with Crippen molar-refractivity contribution in [2.75, 3.05) is 0 Å². The molecule has 15 heavy (non-hydrogen) atoms. The van der Waals surface area contributed by atoms with Crippen LogP contribution in [-0.2, 0) is 4.79 Å². The Morgan fingerprint density at radius 1 is 1.33 bits per heavy atom. The van der Waals surface area contributed by atoms with Crippen LogP contribution >= 0.6 is 0 Å². The van der Waals surface area contributed by atoms with Crippen LogP contribution in [-0.4, -0.2) is 6.29 Å². The predicted octanol–water partition coefficient (Wildman–Crippen LogP) is 3.71. The van der Waals surface area contributed by atoms with Crippen molar-refractivity contribution in [1.29, 1.82) is 0 Å². The van der Waals surface area contributed by atoms with Crippen LogP contribution in [0.1, 0.15) is 44.2 Å². The maximum absolute atomic E-state index is 10.7. The summed E-state index contributed by atoms with van der Waals surface area (Å²) in [5.41, 5.74) is 2.66. The van der Waals surface area contributed by atoms with E-state index in [4.69, 9.17) is 0 Å². The summed E-state index contributed by atoms with van der Waals surface area (Å²) in [6.07, 6.45) is 1.63. The molecule has 0 heterocycles. The third kappa shape index (κ3) is 3.19. The third-order valence-electron chi connectivity index (χ3n) is 2.82. The monoisotopic (exact) mass is 204 g/mol. The Hall–Kier alpha value is -1.11. The van der Waals surface area contributed by atoms with Gasteiger partial charge in [0.1, 0.15) is 6.29 Å². The van der Waals surface area contributed by atoms with E-state index in [1.165, 1.54) is 11.1 Å². The molecule has 1 rings (SSSR count). The molecule has 0 radical (unpaired) electrons. The molecule has 0 aromatic heterocycles. The minimum atomic E-state index is 0.134. The van der Waals surface area contributed by atoms with Gasteiger partial charge in [0, 0.05) is 6.42 Å². The molecule has 0 aliphatic carbocycles. The lowest BCUT2D eigenvalue weighted by Gasteiger charge is -2.30. The number of aldehydes is 1. The van der Waals surface area contributed by atoms with Gasteiger partial charge in [-0.3, -0.25) is 0 Å². The van der Waals surface area contributed by atoms with E-state index in [-0.39, 0.29) is 5.41 Å². The van der Waals surface area contributed by atoms with E-state index in [1.807, 2.05) is 0 Å². The Morgan fingerprint density at radius 2 is 2.00 bits per heavy atom. The molecule has 0 aliphatic heterocycles. The van der Waals surface area contributed by atoms with Crippen LogP contribution in [0, 0.1) is 12.3 Å². The number of benzene rings is 1. The van der Waals surface area contributed by atoms with Gasteiger partial charge in [0.2, 0.25) is 0 Å². The summed E-state index contributed by atoms with van der Waals surface area (Å²) in [6.45, 7) is 8.64. The SMILES string of the molecule is Cc1cccc(C(CC=O)C(C)(C)C)c1. The summed E-state index contributed by atoms with van der Waals surface area (Å²) in [4.78, 5) is 10.7. The Balaban J connectivity index is 3.04. The molecular formula is C14H20O. The van der Waals surface area contributed by atoms with E-state index in [9.17, 15) is 4.79 Å². The lowest BCUT2D eigenvalue weighted by molar-refractivity contribution is -0.108. The molecule has 0 saturated heterocycles. The van der Waals surface area contributed by atoms with Gasteiger partial charge in [-0.1, -0.05) is 50.6 Å². The van der Waals surface area contributed by atoms with Gasteiger partial charge < -0.3 is 4.79 Å². The number of carbonyl (C=O) groups is 1. The second-order valence-corrected chi connectivity index (χ2v) is 5.24. The molecule has 0 aliphatic rings. The maximum atomic E-state index is 10.7. The van der Waals surface area contributed by atoms with E-state index < -0.39 is 0 Å². The van der Waals surface area contributed by atoms with Crippen molar-refractivity contribution in [3.8, 4) is 0 Å². The molecule has 1 nitrogen and oxygen atoms in total. The summed E-state index contributed by atoms with van der Waals surface area (Å²) >= 11 is 0. The molecule has 0 bridgehead atoms. The normalized spacial score (nSPS) is 13.6. The Bertz CT molecular complexity index is 333. The number of carbonyl (C=O) groups excluding carboxylic acids is 1. The second kappa shape index (κ2) is 4.61. The standard InChI is InChI=1S/C14H20O/c1-11-6-5-7-12(10-11)13(8-9-15)14(2,3)4/h5-7,9-10,13H,8H2,1-4H3. The van der Waals surface area contributed by atoms with Gasteiger partial charge in [0.25, 0.3) is 0 Å². The molecule has 0 amide bonds. The molecule has 1 heteroatoms. The second-order valence-electron chi connectivity index (χ2n) is 5.24. The van der Waals surface area contributed by atoms with Crippen LogP contribution in [0.5, 0.6) is 0 Å². The predicted molar refractivity (Wildman–Crippen MR) is 64.1 cm³/mol. The highest BCUT2D eigenvalue weighted by Gasteiger charge is 2.25. The van der Waals surface area contributed by atoms with E-state index in [1.54, 1.807) is 0 Å². The van der Waals surface area contributed by atoms with Crippen LogP contribution in [0.15, 0.2) is 24.3 Å². The first-order valence-corrected chi connectivity index (χ1v) is 5.45. The molecule has 0 spiro atoms. The summed E-state index contributed by atoms with van der Waals surface area (Å²) in [6, 6.07) is 8.45.